The van der Waals surface area contributed by atoms with Gasteiger partial charge in [-0.05, 0) is 37.3 Å². The molecule has 1 N–H and O–H groups in total. The summed E-state index contributed by atoms with van der Waals surface area (Å²) in [6.07, 6.45) is 0. The zero-order valence-electron chi connectivity index (χ0n) is 14.4. The van der Waals surface area contributed by atoms with Crippen molar-refractivity contribution < 1.29 is 17.5 Å². The van der Waals surface area contributed by atoms with Gasteiger partial charge >= 0.3 is 0 Å². The summed E-state index contributed by atoms with van der Waals surface area (Å²) in [6.45, 7) is 1.84. The van der Waals surface area contributed by atoms with Crippen molar-refractivity contribution in [2.45, 2.75) is 18.4 Å². The fourth-order valence-corrected chi connectivity index (χ4v) is 3.49. The Balaban J connectivity index is 1.72. The van der Waals surface area contributed by atoms with Crippen LogP contribution in [0.5, 0.6) is 5.75 Å². The molecule has 3 aromatic rings. The van der Waals surface area contributed by atoms with Crippen molar-refractivity contribution >= 4 is 20.9 Å². The largest absolute Gasteiger partial charge is 0.491 e. The number of hydrogen-bond acceptors (Lipinski definition) is 6. The van der Waals surface area contributed by atoms with Crippen LogP contribution in [0, 0.1) is 5.82 Å². The SMILES string of the molecule is CCOc1ccc(S(=O)(=O)NCCn2nnc3ccccc3c2=O)cc1F. The van der Waals surface area contributed by atoms with Crippen molar-refractivity contribution in [2.75, 3.05) is 13.2 Å². The van der Waals surface area contributed by atoms with E-state index < -0.39 is 15.8 Å². The lowest BCUT2D eigenvalue weighted by Crippen LogP contribution is -2.32. The van der Waals surface area contributed by atoms with Gasteiger partial charge in [0.1, 0.15) is 5.52 Å². The first-order valence-corrected chi connectivity index (χ1v) is 9.65. The smallest absolute Gasteiger partial charge is 0.277 e. The highest BCUT2D eigenvalue weighted by molar-refractivity contribution is 7.89. The molecule has 0 aliphatic rings. The third-order valence-corrected chi connectivity index (χ3v) is 5.22. The van der Waals surface area contributed by atoms with E-state index in [0.29, 0.717) is 10.9 Å². The van der Waals surface area contributed by atoms with Gasteiger partial charge in [-0.15, -0.1) is 5.10 Å². The van der Waals surface area contributed by atoms with Crippen molar-refractivity contribution in [3.8, 4) is 5.75 Å². The van der Waals surface area contributed by atoms with Crippen LogP contribution < -0.4 is 15.0 Å². The van der Waals surface area contributed by atoms with Crippen LogP contribution >= 0.6 is 0 Å². The topological polar surface area (TPSA) is 103 Å². The van der Waals surface area contributed by atoms with Gasteiger partial charge in [-0.3, -0.25) is 4.79 Å². The monoisotopic (exact) mass is 392 g/mol. The summed E-state index contributed by atoms with van der Waals surface area (Å²) in [6, 6.07) is 10.1. The van der Waals surface area contributed by atoms with Crippen LogP contribution in [-0.2, 0) is 16.6 Å². The minimum absolute atomic E-state index is 0.0184. The van der Waals surface area contributed by atoms with Crippen LogP contribution in [0.1, 0.15) is 6.92 Å². The van der Waals surface area contributed by atoms with E-state index in [1.165, 1.54) is 12.1 Å². The molecule has 8 nitrogen and oxygen atoms in total. The molecule has 0 fully saturated rings. The minimum Gasteiger partial charge on any atom is -0.491 e. The molecule has 0 saturated heterocycles. The van der Waals surface area contributed by atoms with E-state index in [-0.39, 0.29) is 35.9 Å². The predicted octanol–water partition coefficient (Wildman–Crippen LogP) is 1.31. The molecule has 142 valence electrons. The molecule has 0 aliphatic carbocycles. The average Bonchev–Trinajstić information content (AvgIpc) is 2.65. The number of sulfonamides is 1. The number of ether oxygens (including phenoxy) is 1. The molecule has 0 radical (unpaired) electrons. The number of nitrogens with one attached hydrogen (secondary N) is 1. The van der Waals surface area contributed by atoms with Crippen molar-refractivity contribution in [2.24, 2.45) is 0 Å². The third kappa shape index (κ3) is 4.12. The molecule has 3 rings (SSSR count). The Hall–Kier alpha value is -2.85. The zero-order chi connectivity index (χ0) is 19.4. The lowest BCUT2D eigenvalue weighted by Gasteiger charge is -2.09. The zero-order valence-corrected chi connectivity index (χ0v) is 15.2. The fourth-order valence-electron chi connectivity index (χ4n) is 2.46. The Morgan fingerprint density at radius 1 is 1.22 bits per heavy atom. The van der Waals surface area contributed by atoms with Gasteiger partial charge in [0.05, 0.1) is 23.4 Å². The van der Waals surface area contributed by atoms with Crippen LogP contribution in [0.25, 0.3) is 10.9 Å². The second kappa shape index (κ2) is 7.80. The number of nitrogens with zero attached hydrogens (tertiary/aromatic N) is 3. The number of hydrogen-bond donors (Lipinski definition) is 1. The molecule has 27 heavy (non-hydrogen) atoms. The molecule has 1 aromatic heterocycles. The van der Waals surface area contributed by atoms with E-state index in [4.69, 9.17) is 4.74 Å². The van der Waals surface area contributed by atoms with Crippen LogP contribution in [0.15, 0.2) is 52.2 Å². The predicted molar refractivity (Wildman–Crippen MR) is 96.6 cm³/mol. The number of fused-ring (bicyclic) bond motifs is 1. The van der Waals surface area contributed by atoms with Crippen molar-refractivity contribution in [1.82, 2.24) is 19.7 Å². The van der Waals surface area contributed by atoms with Gasteiger partial charge in [0, 0.05) is 6.54 Å². The summed E-state index contributed by atoms with van der Waals surface area (Å²) < 4.78 is 46.9. The molecule has 0 bridgehead atoms. The van der Waals surface area contributed by atoms with Crippen molar-refractivity contribution in [3.05, 3.63) is 58.6 Å². The molecular weight excluding hydrogens is 375 g/mol. The molecule has 10 heteroatoms. The first-order valence-electron chi connectivity index (χ1n) is 8.17. The molecule has 0 atom stereocenters. The van der Waals surface area contributed by atoms with E-state index in [1.54, 1.807) is 31.2 Å². The summed E-state index contributed by atoms with van der Waals surface area (Å²) in [7, 11) is -3.95. The lowest BCUT2D eigenvalue weighted by atomic mass is 10.2. The second-order valence-corrected chi connectivity index (χ2v) is 7.32. The summed E-state index contributed by atoms with van der Waals surface area (Å²) in [5.74, 6) is -0.786. The van der Waals surface area contributed by atoms with Crippen LogP contribution in [-0.4, -0.2) is 36.6 Å². The molecule has 0 amide bonds. The normalized spacial score (nSPS) is 11.6. The number of aromatic nitrogens is 3. The van der Waals surface area contributed by atoms with Gasteiger partial charge in [-0.25, -0.2) is 22.2 Å². The first kappa shape index (κ1) is 18.9. The number of halogens is 1. The van der Waals surface area contributed by atoms with Gasteiger partial charge in [-0.1, -0.05) is 17.3 Å². The Morgan fingerprint density at radius 2 is 2.00 bits per heavy atom. The quantitative estimate of drug-likeness (QED) is 0.650. The lowest BCUT2D eigenvalue weighted by molar-refractivity contribution is 0.321. The van der Waals surface area contributed by atoms with E-state index in [1.807, 2.05) is 0 Å². The number of benzene rings is 2. The molecule has 0 saturated carbocycles. The summed E-state index contributed by atoms with van der Waals surface area (Å²) in [5.41, 5.74) is 0.0936. The Labute approximate surface area is 154 Å². The minimum atomic E-state index is -3.95. The highest BCUT2D eigenvalue weighted by atomic mass is 32.2. The van der Waals surface area contributed by atoms with Crippen molar-refractivity contribution in [3.63, 3.8) is 0 Å². The highest BCUT2D eigenvalue weighted by Crippen LogP contribution is 2.20. The van der Waals surface area contributed by atoms with E-state index in [0.717, 1.165) is 10.7 Å². The Kier molecular flexibility index (Phi) is 5.47. The van der Waals surface area contributed by atoms with Gasteiger partial charge < -0.3 is 4.74 Å². The molecular formula is C17H17FN4O4S. The van der Waals surface area contributed by atoms with Gasteiger partial charge in [-0.2, -0.15) is 0 Å². The van der Waals surface area contributed by atoms with Crippen LogP contribution in [0.2, 0.25) is 0 Å². The maximum Gasteiger partial charge on any atom is 0.277 e. The standard InChI is InChI=1S/C17H17FN4O4S/c1-2-26-16-8-7-12(11-14(16)18)27(24,25)19-9-10-22-17(23)13-5-3-4-6-15(13)20-21-22/h3-8,11,19H,2,9-10H2,1H3. The van der Waals surface area contributed by atoms with Gasteiger partial charge in [0.15, 0.2) is 11.6 Å². The molecule has 1 heterocycles. The van der Waals surface area contributed by atoms with E-state index in [9.17, 15) is 17.6 Å². The van der Waals surface area contributed by atoms with E-state index in [2.05, 4.69) is 15.0 Å². The van der Waals surface area contributed by atoms with Crippen molar-refractivity contribution in [1.29, 1.82) is 0 Å². The summed E-state index contributed by atoms with van der Waals surface area (Å²) in [5, 5.41) is 8.11. The maximum absolute atomic E-state index is 13.9. The molecule has 0 spiro atoms. The molecule has 0 aliphatic heterocycles. The number of rotatable bonds is 7. The third-order valence-electron chi connectivity index (χ3n) is 3.76. The van der Waals surface area contributed by atoms with Crippen LogP contribution in [0.3, 0.4) is 0 Å². The fraction of sp³-hybridized carbons (Fsp3) is 0.235. The molecule has 2 aromatic carbocycles. The second-order valence-electron chi connectivity index (χ2n) is 5.56. The van der Waals surface area contributed by atoms with Gasteiger partial charge in [0.25, 0.3) is 5.56 Å². The summed E-state index contributed by atoms with van der Waals surface area (Å²) >= 11 is 0. The summed E-state index contributed by atoms with van der Waals surface area (Å²) in [4.78, 5) is 12.1. The van der Waals surface area contributed by atoms with Gasteiger partial charge in [0.2, 0.25) is 10.0 Å². The maximum atomic E-state index is 13.9. The molecule has 0 unspecified atom stereocenters. The first-order chi connectivity index (χ1) is 12.9. The highest BCUT2D eigenvalue weighted by Gasteiger charge is 2.17. The Morgan fingerprint density at radius 3 is 2.74 bits per heavy atom. The van der Waals surface area contributed by atoms with Crippen LogP contribution in [0.4, 0.5) is 4.39 Å². The average molecular weight is 392 g/mol. The Bertz CT molecular complexity index is 1130. The van der Waals surface area contributed by atoms with E-state index >= 15 is 0 Å².